The molecule has 90 valence electrons. The molecule has 2 rings (SSSR count). The Morgan fingerprint density at radius 3 is 2.53 bits per heavy atom. The van der Waals surface area contributed by atoms with Crippen molar-refractivity contribution in [2.75, 3.05) is 22.5 Å². The van der Waals surface area contributed by atoms with Crippen LogP contribution in [0, 0.1) is 6.92 Å². The normalized spacial score (nSPS) is 10.5. The van der Waals surface area contributed by atoms with Crippen LogP contribution in [0.15, 0.2) is 18.2 Å². The van der Waals surface area contributed by atoms with Crippen molar-refractivity contribution in [2.24, 2.45) is 7.05 Å². The highest BCUT2D eigenvalue weighted by atomic mass is 15.3. The fourth-order valence-corrected chi connectivity index (χ4v) is 1.65. The zero-order valence-corrected chi connectivity index (χ0v) is 9.86. The summed E-state index contributed by atoms with van der Waals surface area (Å²) in [5.74, 6) is 0.560. The first-order chi connectivity index (χ1) is 7.99. The minimum atomic E-state index is 0.560. The Morgan fingerprint density at radius 1 is 1.24 bits per heavy atom. The fraction of sp³-hybridized carbons (Fsp3) is 0.182. The Hall–Kier alpha value is -2.37. The van der Waals surface area contributed by atoms with Crippen LogP contribution in [0.3, 0.4) is 0 Å². The van der Waals surface area contributed by atoms with E-state index in [2.05, 4.69) is 10.4 Å². The smallest absolute Gasteiger partial charge is 0.145 e. The lowest BCUT2D eigenvalue weighted by Gasteiger charge is -2.10. The number of nitrogens with one attached hydrogen (secondary N) is 1. The second kappa shape index (κ2) is 3.89. The van der Waals surface area contributed by atoms with E-state index >= 15 is 0 Å². The number of anilines is 5. The van der Waals surface area contributed by atoms with Gasteiger partial charge in [0.1, 0.15) is 11.5 Å². The number of aryl methyl sites for hydroxylation is 2. The Balaban J connectivity index is 2.41. The molecule has 0 bridgehead atoms. The Morgan fingerprint density at radius 2 is 1.94 bits per heavy atom. The van der Waals surface area contributed by atoms with E-state index in [0.717, 1.165) is 17.1 Å². The van der Waals surface area contributed by atoms with Crippen LogP contribution in [-0.4, -0.2) is 9.78 Å². The summed E-state index contributed by atoms with van der Waals surface area (Å²) >= 11 is 0. The highest BCUT2D eigenvalue weighted by molar-refractivity contribution is 5.80. The quantitative estimate of drug-likeness (QED) is 0.582. The van der Waals surface area contributed by atoms with E-state index < -0.39 is 0 Å². The summed E-state index contributed by atoms with van der Waals surface area (Å²) in [5.41, 5.74) is 21.0. The molecule has 7 N–H and O–H groups in total. The van der Waals surface area contributed by atoms with Gasteiger partial charge < -0.3 is 22.5 Å². The van der Waals surface area contributed by atoms with Gasteiger partial charge in [0.15, 0.2) is 0 Å². The second-order valence-corrected chi connectivity index (χ2v) is 3.94. The molecule has 0 atom stereocenters. The molecule has 0 aliphatic heterocycles. The Kier molecular flexibility index (Phi) is 2.55. The Bertz CT molecular complexity index is 557. The van der Waals surface area contributed by atoms with Gasteiger partial charge in [0.25, 0.3) is 0 Å². The number of nitrogen functional groups attached to an aromatic ring is 3. The lowest BCUT2D eigenvalue weighted by Crippen LogP contribution is -2.02. The number of benzene rings is 1. The van der Waals surface area contributed by atoms with Crippen molar-refractivity contribution in [3.8, 4) is 0 Å². The number of nitrogens with two attached hydrogens (primary N) is 3. The molecule has 0 unspecified atom stereocenters. The molecule has 6 heteroatoms. The van der Waals surface area contributed by atoms with Crippen molar-refractivity contribution in [1.29, 1.82) is 0 Å². The second-order valence-electron chi connectivity index (χ2n) is 3.94. The number of nitrogens with zero attached hydrogens (tertiary/aromatic N) is 2. The van der Waals surface area contributed by atoms with E-state index in [4.69, 9.17) is 17.2 Å². The van der Waals surface area contributed by atoms with Gasteiger partial charge in [-0.25, -0.2) is 0 Å². The zero-order valence-electron chi connectivity index (χ0n) is 9.86. The third-order valence-corrected chi connectivity index (χ3v) is 2.60. The van der Waals surface area contributed by atoms with E-state index in [1.165, 1.54) is 0 Å². The lowest BCUT2D eigenvalue weighted by atomic mass is 10.2. The molecule has 0 aliphatic rings. The van der Waals surface area contributed by atoms with Crippen LogP contribution in [0.4, 0.5) is 28.6 Å². The van der Waals surface area contributed by atoms with Crippen LogP contribution in [-0.2, 0) is 7.05 Å². The number of hydrogen-bond acceptors (Lipinski definition) is 5. The molecule has 0 fully saturated rings. The lowest BCUT2D eigenvalue weighted by molar-refractivity contribution is 0.767. The first kappa shape index (κ1) is 11.1. The van der Waals surface area contributed by atoms with Crippen molar-refractivity contribution in [1.82, 2.24) is 9.78 Å². The average molecular weight is 232 g/mol. The first-order valence-electron chi connectivity index (χ1n) is 5.20. The maximum Gasteiger partial charge on any atom is 0.145 e. The summed E-state index contributed by atoms with van der Waals surface area (Å²) in [7, 11) is 1.79. The summed E-state index contributed by atoms with van der Waals surface area (Å²) in [6.45, 7) is 1.88. The van der Waals surface area contributed by atoms with Gasteiger partial charge in [-0.05, 0) is 25.1 Å². The molecule has 1 heterocycles. The van der Waals surface area contributed by atoms with Crippen LogP contribution < -0.4 is 22.5 Å². The maximum atomic E-state index is 5.91. The third-order valence-electron chi connectivity index (χ3n) is 2.60. The van der Waals surface area contributed by atoms with Crippen LogP contribution in [0.5, 0.6) is 0 Å². The summed E-state index contributed by atoms with van der Waals surface area (Å²) in [4.78, 5) is 0. The molecule has 0 amide bonds. The van der Waals surface area contributed by atoms with Gasteiger partial charge in [0.2, 0.25) is 0 Å². The van der Waals surface area contributed by atoms with Gasteiger partial charge in [-0.3, -0.25) is 4.68 Å². The summed E-state index contributed by atoms with van der Waals surface area (Å²) in [6, 6.07) is 5.26. The van der Waals surface area contributed by atoms with Crippen LogP contribution in [0.1, 0.15) is 5.69 Å². The molecule has 0 spiro atoms. The molecular weight excluding hydrogens is 216 g/mol. The van der Waals surface area contributed by atoms with Crippen LogP contribution in [0.25, 0.3) is 0 Å². The van der Waals surface area contributed by atoms with Gasteiger partial charge in [0, 0.05) is 12.7 Å². The molecule has 0 saturated carbocycles. The number of hydrogen-bond donors (Lipinski definition) is 4. The predicted molar refractivity (Wildman–Crippen MR) is 70.9 cm³/mol. The van der Waals surface area contributed by atoms with Gasteiger partial charge in [0.05, 0.1) is 17.1 Å². The number of rotatable bonds is 2. The van der Waals surface area contributed by atoms with E-state index in [0.29, 0.717) is 17.2 Å². The standard InChI is InChI=1S/C11H16N6/c1-6-10(11(14)17(2)16-6)15-9-5-7(12)3-4-8(9)13/h3-5,15H,12-14H2,1-2H3. The summed E-state index contributed by atoms with van der Waals surface area (Å²) in [6.07, 6.45) is 0. The van der Waals surface area contributed by atoms with Crippen molar-refractivity contribution in [3.63, 3.8) is 0 Å². The van der Waals surface area contributed by atoms with Crippen molar-refractivity contribution < 1.29 is 0 Å². The summed E-state index contributed by atoms with van der Waals surface area (Å²) < 4.78 is 1.61. The molecule has 2 aromatic rings. The van der Waals surface area contributed by atoms with Crippen molar-refractivity contribution >= 4 is 28.6 Å². The molecule has 1 aromatic carbocycles. The van der Waals surface area contributed by atoms with Crippen LogP contribution >= 0.6 is 0 Å². The predicted octanol–water partition coefficient (Wildman–Crippen LogP) is 1.22. The minimum absolute atomic E-state index is 0.560. The van der Waals surface area contributed by atoms with Gasteiger partial charge in [-0.2, -0.15) is 5.10 Å². The largest absolute Gasteiger partial charge is 0.399 e. The average Bonchev–Trinajstić information content (AvgIpc) is 2.50. The van der Waals surface area contributed by atoms with E-state index in [1.807, 2.05) is 6.92 Å². The fourth-order valence-electron chi connectivity index (χ4n) is 1.65. The van der Waals surface area contributed by atoms with E-state index in [-0.39, 0.29) is 0 Å². The van der Waals surface area contributed by atoms with Gasteiger partial charge >= 0.3 is 0 Å². The topological polar surface area (TPSA) is 108 Å². The molecular formula is C11H16N6. The van der Waals surface area contributed by atoms with Crippen LogP contribution in [0.2, 0.25) is 0 Å². The molecule has 1 aromatic heterocycles. The molecule has 0 aliphatic carbocycles. The maximum absolute atomic E-state index is 5.91. The minimum Gasteiger partial charge on any atom is -0.399 e. The van der Waals surface area contributed by atoms with Gasteiger partial charge in [-0.1, -0.05) is 0 Å². The highest BCUT2D eigenvalue weighted by Gasteiger charge is 2.11. The zero-order chi connectivity index (χ0) is 12.6. The van der Waals surface area contributed by atoms with Gasteiger partial charge in [-0.15, -0.1) is 0 Å². The van der Waals surface area contributed by atoms with E-state index in [9.17, 15) is 0 Å². The highest BCUT2D eigenvalue weighted by Crippen LogP contribution is 2.30. The summed E-state index contributed by atoms with van der Waals surface area (Å²) in [5, 5.41) is 7.37. The Labute approximate surface area is 99.4 Å². The SMILES string of the molecule is Cc1nn(C)c(N)c1Nc1cc(N)ccc1N. The van der Waals surface area contributed by atoms with E-state index in [1.54, 1.807) is 29.9 Å². The molecule has 0 saturated heterocycles. The molecule has 17 heavy (non-hydrogen) atoms. The van der Waals surface area contributed by atoms with Crippen molar-refractivity contribution in [2.45, 2.75) is 6.92 Å². The number of aromatic nitrogens is 2. The monoisotopic (exact) mass is 232 g/mol. The van der Waals surface area contributed by atoms with Crippen molar-refractivity contribution in [3.05, 3.63) is 23.9 Å². The molecule has 6 nitrogen and oxygen atoms in total. The molecule has 0 radical (unpaired) electrons. The third kappa shape index (κ3) is 1.96. The first-order valence-corrected chi connectivity index (χ1v) is 5.20.